The van der Waals surface area contributed by atoms with E-state index in [9.17, 15) is 29.4 Å². The number of nitrogens with one attached hydrogen (secondary N) is 4. The minimum absolute atomic E-state index is 0.115. The zero-order chi connectivity index (χ0) is 31.2. The van der Waals surface area contributed by atoms with E-state index in [4.69, 9.17) is 22.9 Å². The van der Waals surface area contributed by atoms with Crippen LogP contribution in [0.15, 0.2) is 36.4 Å². The quantitative estimate of drug-likeness (QED) is 0.101. The van der Waals surface area contributed by atoms with Crippen LogP contribution in [0.4, 0.5) is 0 Å². The van der Waals surface area contributed by atoms with Gasteiger partial charge in [0.1, 0.15) is 29.6 Å². The molecular weight excluding hydrogens is 544 g/mol. The van der Waals surface area contributed by atoms with Crippen molar-refractivity contribution >= 4 is 23.6 Å². The Labute approximate surface area is 244 Å². The third kappa shape index (κ3) is 10.3. The summed E-state index contributed by atoms with van der Waals surface area (Å²) in [4.78, 5) is 50.6. The van der Waals surface area contributed by atoms with E-state index in [2.05, 4.69) is 21.3 Å². The molecule has 0 saturated carbocycles. The van der Waals surface area contributed by atoms with Crippen molar-refractivity contribution < 1.29 is 29.4 Å². The molecule has 0 aromatic heterocycles. The molecule has 2 aromatic carbocycles. The maximum absolute atomic E-state index is 13.3. The molecule has 42 heavy (non-hydrogen) atoms. The lowest BCUT2D eigenvalue weighted by Gasteiger charge is -2.24. The molecule has 14 nitrogen and oxygen atoms in total. The summed E-state index contributed by atoms with van der Waals surface area (Å²) in [7, 11) is 0. The summed E-state index contributed by atoms with van der Waals surface area (Å²) in [6.07, 6.45) is 0.481. The summed E-state index contributed by atoms with van der Waals surface area (Å²) >= 11 is 0. The molecule has 0 bridgehead atoms. The fourth-order valence-electron chi connectivity index (χ4n) is 4.06. The van der Waals surface area contributed by atoms with Gasteiger partial charge in [0.2, 0.25) is 23.6 Å². The number of carbonyl (C=O) groups is 4. The molecule has 14 N–H and O–H groups in total. The lowest BCUT2D eigenvalue weighted by Crippen LogP contribution is -2.56. The molecule has 0 spiro atoms. The molecule has 14 heteroatoms. The van der Waals surface area contributed by atoms with Gasteiger partial charge in [0, 0.05) is 26.1 Å². The number of hydrogen-bond donors (Lipinski definition) is 10. The number of hydrogen-bond acceptors (Lipinski definition) is 10. The monoisotopic (exact) mass is 586 g/mol. The standard InChI is InChI=1S/C28H42N8O6/c1-16-11-17(4-6-23(16)37)18-5-7-24(38)19(12-18)13-22(27(41)34-15-20(32)26(40)33-10-9-30)36-28(42)21(3-2-8-29)35-25(39)14-31/h4-7,11-12,20-22,37-38H,2-3,8-10,13-15,29-32H2,1H3,(H,33,40)(H,34,41)(H,35,39)(H,36,42)/t20-,21-,22-/m0/s1. The average molecular weight is 587 g/mol. The second-order valence-electron chi connectivity index (χ2n) is 9.80. The third-order valence-corrected chi connectivity index (χ3v) is 6.48. The van der Waals surface area contributed by atoms with Crippen molar-refractivity contribution in [2.45, 2.75) is 44.3 Å². The summed E-state index contributed by atoms with van der Waals surface area (Å²) < 4.78 is 0. The van der Waals surface area contributed by atoms with E-state index in [1.165, 1.54) is 6.07 Å². The van der Waals surface area contributed by atoms with Gasteiger partial charge in [-0.05, 0) is 72.8 Å². The number of benzene rings is 2. The van der Waals surface area contributed by atoms with Crippen molar-refractivity contribution in [3.63, 3.8) is 0 Å². The summed E-state index contributed by atoms with van der Waals surface area (Å²) in [5.74, 6) is -2.37. The SMILES string of the molecule is Cc1cc(-c2ccc(O)c(C[C@H](NC(=O)[C@H](CCCN)NC(=O)CN)C(=O)NC[C@H](N)C(=O)NCCN)c2)ccc1O. The first-order valence-electron chi connectivity index (χ1n) is 13.6. The number of aromatic hydroxyl groups is 2. The second kappa shape index (κ2) is 16.9. The zero-order valence-electron chi connectivity index (χ0n) is 23.7. The smallest absolute Gasteiger partial charge is 0.243 e. The Balaban J connectivity index is 2.34. The summed E-state index contributed by atoms with van der Waals surface area (Å²) in [5, 5.41) is 30.8. The molecule has 4 amide bonds. The Morgan fingerprint density at radius 2 is 1.48 bits per heavy atom. The van der Waals surface area contributed by atoms with E-state index in [1.54, 1.807) is 37.3 Å². The van der Waals surface area contributed by atoms with Crippen LogP contribution in [0, 0.1) is 6.92 Å². The lowest BCUT2D eigenvalue weighted by molar-refractivity contribution is -0.132. The van der Waals surface area contributed by atoms with Crippen molar-refractivity contribution in [3.05, 3.63) is 47.5 Å². The maximum atomic E-state index is 13.3. The number of amides is 4. The van der Waals surface area contributed by atoms with Crippen LogP contribution >= 0.6 is 0 Å². The predicted molar refractivity (Wildman–Crippen MR) is 158 cm³/mol. The number of rotatable bonds is 16. The minimum atomic E-state index is -1.23. The number of phenolic OH excluding ortho intramolecular Hbond substituents is 2. The van der Waals surface area contributed by atoms with Crippen molar-refractivity contribution in [2.24, 2.45) is 22.9 Å². The Morgan fingerprint density at radius 1 is 0.810 bits per heavy atom. The largest absolute Gasteiger partial charge is 0.508 e. The van der Waals surface area contributed by atoms with Gasteiger partial charge in [-0.1, -0.05) is 12.1 Å². The highest BCUT2D eigenvalue weighted by Crippen LogP contribution is 2.29. The Morgan fingerprint density at radius 3 is 2.10 bits per heavy atom. The number of aryl methyl sites for hydroxylation is 1. The van der Waals surface area contributed by atoms with Crippen molar-refractivity contribution in [1.82, 2.24) is 21.3 Å². The third-order valence-electron chi connectivity index (χ3n) is 6.48. The molecule has 0 fully saturated rings. The van der Waals surface area contributed by atoms with E-state index in [0.29, 0.717) is 23.1 Å². The predicted octanol–water partition coefficient (Wildman–Crippen LogP) is -2.20. The minimum Gasteiger partial charge on any atom is -0.508 e. The number of nitrogens with two attached hydrogens (primary N) is 4. The molecule has 0 heterocycles. The van der Waals surface area contributed by atoms with Crippen molar-refractivity contribution in [2.75, 3.05) is 32.7 Å². The molecule has 2 rings (SSSR count). The van der Waals surface area contributed by atoms with Gasteiger partial charge >= 0.3 is 0 Å². The number of carbonyl (C=O) groups excluding carboxylic acids is 4. The van der Waals surface area contributed by atoms with Crippen molar-refractivity contribution in [3.8, 4) is 22.6 Å². The van der Waals surface area contributed by atoms with E-state index in [1.807, 2.05) is 0 Å². The van der Waals surface area contributed by atoms with Crippen molar-refractivity contribution in [1.29, 1.82) is 0 Å². The lowest BCUT2D eigenvalue weighted by atomic mass is 9.96. The van der Waals surface area contributed by atoms with E-state index < -0.39 is 41.8 Å². The van der Waals surface area contributed by atoms with Gasteiger partial charge in [0.25, 0.3) is 0 Å². The molecule has 0 aliphatic rings. The van der Waals surface area contributed by atoms with Crippen LogP contribution in [0.25, 0.3) is 11.1 Å². The molecule has 0 aliphatic carbocycles. The molecular formula is C28H42N8O6. The molecule has 0 saturated heterocycles. The highest BCUT2D eigenvalue weighted by Gasteiger charge is 2.28. The van der Waals surface area contributed by atoms with Crippen LogP contribution in [-0.2, 0) is 25.6 Å². The molecule has 0 radical (unpaired) electrons. The summed E-state index contributed by atoms with van der Waals surface area (Å²) in [5.41, 5.74) is 24.7. The average Bonchev–Trinajstić information content (AvgIpc) is 2.98. The van der Waals surface area contributed by atoms with E-state index >= 15 is 0 Å². The first-order valence-corrected chi connectivity index (χ1v) is 13.6. The van der Waals surface area contributed by atoms with Crippen LogP contribution < -0.4 is 44.2 Å². The van der Waals surface area contributed by atoms with E-state index in [-0.39, 0.29) is 57.1 Å². The summed E-state index contributed by atoms with van der Waals surface area (Å²) in [6.45, 7) is 1.89. The van der Waals surface area contributed by atoms with E-state index in [0.717, 1.165) is 5.56 Å². The first-order chi connectivity index (χ1) is 20.0. The van der Waals surface area contributed by atoms with Gasteiger partial charge in [0.05, 0.1) is 6.54 Å². The Kier molecular flexibility index (Phi) is 13.7. The van der Waals surface area contributed by atoms with Crippen LogP contribution in [0.5, 0.6) is 11.5 Å². The summed E-state index contributed by atoms with van der Waals surface area (Å²) in [6, 6.07) is 6.54. The topological polar surface area (TPSA) is 261 Å². The highest BCUT2D eigenvalue weighted by molar-refractivity contribution is 5.93. The maximum Gasteiger partial charge on any atom is 0.243 e. The second-order valence-corrected chi connectivity index (χ2v) is 9.80. The molecule has 2 aromatic rings. The van der Waals surface area contributed by atoms with Crippen LogP contribution in [0.1, 0.15) is 24.0 Å². The molecule has 3 atom stereocenters. The molecule has 0 aliphatic heterocycles. The fourth-order valence-corrected chi connectivity index (χ4v) is 4.06. The zero-order valence-corrected chi connectivity index (χ0v) is 23.7. The van der Waals surface area contributed by atoms with Crippen LogP contribution in [-0.4, -0.2) is 84.7 Å². The first kappa shape index (κ1) is 34.0. The Hall–Kier alpha value is -4.24. The van der Waals surface area contributed by atoms with Gasteiger partial charge in [-0.25, -0.2) is 0 Å². The molecule has 0 unspecified atom stereocenters. The highest BCUT2D eigenvalue weighted by atomic mass is 16.3. The van der Waals surface area contributed by atoms with Gasteiger partial charge in [-0.2, -0.15) is 0 Å². The fraction of sp³-hybridized carbons (Fsp3) is 0.429. The van der Waals surface area contributed by atoms with Gasteiger partial charge in [0.15, 0.2) is 0 Å². The van der Waals surface area contributed by atoms with Crippen LogP contribution in [0.3, 0.4) is 0 Å². The number of phenols is 2. The normalized spacial score (nSPS) is 13.0. The molecule has 230 valence electrons. The van der Waals surface area contributed by atoms with Gasteiger partial charge in [-0.15, -0.1) is 0 Å². The van der Waals surface area contributed by atoms with Gasteiger partial charge in [-0.3, -0.25) is 19.2 Å². The van der Waals surface area contributed by atoms with Gasteiger partial charge < -0.3 is 54.4 Å². The Bertz CT molecular complexity index is 1240. The van der Waals surface area contributed by atoms with Crippen LogP contribution in [0.2, 0.25) is 0 Å².